The summed E-state index contributed by atoms with van der Waals surface area (Å²) in [4.78, 5) is 0. The number of halogens is 4. The van der Waals surface area contributed by atoms with E-state index in [9.17, 15) is 4.39 Å². The highest BCUT2D eigenvalue weighted by atomic mass is 79.9. The Morgan fingerprint density at radius 1 is 1.20 bits per heavy atom. The van der Waals surface area contributed by atoms with Crippen LogP contribution >= 0.6 is 43.5 Å². The highest BCUT2D eigenvalue weighted by Gasteiger charge is 2.16. The Hall–Kier alpha value is -0.420. The van der Waals surface area contributed by atoms with Crippen molar-refractivity contribution in [2.24, 2.45) is 0 Å². The van der Waals surface area contributed by atoms with E-state index in [-0.39, 0.29) is 11.9 Å². The minimum Gasteiger partial charge on any atom is -0.313 e. The molecule has 2 rings (SSSR count). The smallest absolute Gasteiger partial charge is 0.124 e. The lowest BCUT2D eigenvalue weighted by Crippen LogP contribution is -2.19. The normalized spacial score (nSPS) is 12.4. The summed E-state index contributed by atoms with van der Waals surface area (Å²) in [6.07, 6.45) is 0.716. The number of rotatable bonds is 4. The second kappa shape index (κ2) is 7.03. The molecule has 106 valence electrons. The van der Waals surface area contributed by atoms with Crippen molar-refractivity contribution in [3.8, 4) is 0 Å². The molecule has 0 fully saturated rings. The van der Waals surface area contributed by atoms with Gasteiger partial charge < -0.3 is 5.32 Å². The molecule has 0 spiro atoms. The van der Waals surface area contributed by atoms with Crippen LogP contribution in [0.1, 0.15) is 17.2 Å². The van der Waals surface area contributed by atoms with Crippen LogP contribution < -0.4 is 5.32 Å². The number of hydrogen-bond acceptors (Lipinski definition) is 1. The molecule has 0 saturated heterocycles. The van der Waals surface area contributed by atoms with Crippen LogP contribution in [-0.2, 0) is 6.42 Å². The summed E-state index contributed by atoms with van der Waals surface area (Å²) in [5, 5.41) is 3.96. The summed E-state index contributed by atoms with van der Waals surface area (Å²) in [7, 11) is 1.89. The summed E-state index contributed by atoms with van der Waals surface area (Å²) in [5.41, 5.74) is 2.04. The van der Waals surface area contributed by atoms with Crippen molar-refractivity contribution in [3.05, 3.63) is 67.3 Å². The average Bonchev–Trinajstić information content (AvgIpc) is 2.42. The molecule has 0 amide bonds. The van der Waals surface area contributed by atoms with Crippen LogP contribution in [0.4, 0.5) is 4.39 Å². The van der Waals surface area contributed by atoms with Gasteiger partial charge in [0.1, 0.15) is 5.82 Å². The van der Waals surface area contributed by atoms with Crippen molar-refractivity contribution in [2.75, 3.05) is 7.05 Å². The molecule has 1 N–H and O–H groups in total. The van der Waals surface area contributed by atoms with Crippen LogP contribution in [0.3, 0.4) is 0 Å². The van der Waals surface area contributed by atoms with E-state index in [0.29, 0.717) is 11.4 Å². The standard InChI is InChI=1S/C15H13Br2ClFN/c1-20-14(11-3-2-4-12(16)15(11)18)7-9-5-6-10(19)8-13(9)17/h2-6,8,14,20H,7H2,1H3. The van der Waals surface area contributed by atoms with Crippen molar-refractivity contribution in [1.29, 1.82) is 0 Å². The zero-order valence-electron chi connectivity index (χ0n) is 10.8. The van der Waals surface area contributed by atoms with Gasteiger partial charge in [-0.3, -0.25) is 0 Å². The maximum Gasteiger partial charge on any atom is 0.124 e. The van der Waals surface area contributed by atoms with Gasteiger partial charge in [0.15, 0.2) is 0 Å². The molecule has 1 unspecified atom stereocenters. The van der Waals surface area contributed by atoms with Gasteiger partial charge in [0.2, 0.25) is 0 Å². The van der Waals surface area contributed by atoms with Crippen LogP contribution in [0.15, 0.2) is 45.3 Å². The fourth-order valence-corrected chi connectivity index (χ4v) is 3.22. The number of likely N-dealkylation sites (N-methyl/N-ethyl adjacent to an activating group) is 1. The lowest BCUT2D eigenvalue weighted by molar-refractivity contribution is 0.587. The first-order chi connectivity index (χ1) is 9.52. The molecule has 0 saturated carbocycles. The van der Waals surface area contributed by atoms with E-state index in [2.05, 4.69) is 37.2 Å². The molecule has 0 heterocycles. The van der Waals surface area contributed by atoms with Crippen LogP contribution in [-0.4, -0.2) is 7.05 Å². The molecular weight excluding hydrogens is 408 g/mol. The van der Waals surface area contributed by atoms with E-state index in [1.807, 2.05) is 25.2 Å². The molecular formula is C15H13Br2ClFN. The van der Waals surface area contributed by atoms with Gasteiger partial charge in [-0.25, -0.2) is 4.39 Å². The molecule has 0 bridgehead atoms. The van der Waals surface area contributed by atoms with Gasteiger partial charge in [-0.2, -0.15) is 0 Å². The van der Waals surface area contributed by atoms with Crippen molar-refractivity contribution in [3.63, 3.8) is 0 Å². The zero-order chi connectivity index (χ0) is 14.7. The molecule has 0 aromatic heterocycles. The summed E-state index contributed by atoms with van der Waals surface area (Å²) >= 11 is 13.2. The maximum atomic E-state index is 13.1. The Kier molecular flexibility index (Phi) is 5.61. The molecule has 1 nitrogen and oxygen atoms in total. The number of hydrogen-bond donors (Lipinski definition) is 1. The quantitative estimate of drug-likeness (QED) is 0.687. The first-order valence-corrected chi connectivity index (χ1v) is 8.04. The molecule has 0 aliphatic carbocycles. The highest BCUT2D eigenvalue weighted by molar-refractivity contribution is 9.10. The molecule has 5 heteroatoms. The second-order valence-electron chi connectivity index (χ2n) is 4.42. The fourth-order valence-electron chi connectivity index (χ4n) is 2.06. The average molecular weight is 422 g/mol. The lowest BCUT2D eigenvalue weighted by atomic mass is 9.99. The van der Waals surface area contributed by atoms with E-state index < -0.39 is 0 Å². The van der Waals surface area contributed by atoms with E-state index in [0.717, 1.165) is 20.1 Å². The van der Waals surface area contributed by atoms with Gasteiger partial charge in [-0.1, -0.05) is 45.7 Å². The van der Waals surface area contributed by atoms with E-state index in [1.54, 1.807) is 6.07 Å². The molecule has 0 aliphatic rings. The van der Waals surface area contributed by atoms with Crippen LogP contribution in [0.2, 0.25) is 5.02 Å². The molecule has 2 aromatic rings. The van der Waals surface area contributed by atoms with Crippen LogP contribution in [0.5, 0.6) is 0 Å². The topological polar surface area (TPSA) is 12.0 Å². The first-order valence-electron chi connectivity index (χ1n) is 6.08. The minimum atomic E-state index is -0.248. The summed E-state index contributed by atoms with van der Waals surface area (Å²) < 4.78 is 14.8. The van der Waals surface area contributed by atoms with Crippen LogP contribution in [0, 0.1) is 5.82 Å². The highest BCUT2D eigenvalue weighted by Crippen LogP contribution is 2.32. The second-order valence-corrected chi connectivity index (χ2v) is 6.51. The SMILES string of the molecule is CNC(Cc1ccc(F)cc1Br)c1cccc(Br)c1Cl. The third-order valence-electron chi connectivity index (χ3n) is 3.14. The first kappa shape index (κ1) is 16.0. The monoisotopic (exact) mass is 419 g/mol. The predicted octanol–water partition coefficient (Wildman–Crippen LogP) is 5.51. The van der Waals surface area contributed by atoms with Crippen molar-refractivity contribution in [2.45, 2.75) is 12.5 Å². The summed E-state index contributed by atoms with van der Waals surface area (Å²) in [6, 6.07) is 10.6. The predicted molar refractivity (Wildman–Crippen MR) is 88.8 cm³/mol. The summed E-state index contributed by atoms with van der Waals surface area (Å²) in [5.74, 6) is -0.248. The van der Waals surface area contributed by atoms with Crippen molar-refractivity contribution in [1.82, 2.24) is 5.32 Å². The number of benzene rings is 2. The Morgan fingerprint density at radius 3 is 2.60 bits per heavy atom. The van der Waals surface area contributed by atoms with Crippen molar-refractivity contribution < 1.29 is 4.39 Å². The Bertz CT molecular complexity index is 619. The Morgan fingerprint density at radius 2 is 1.95 bits per heavy atom. The van der Waals surface area contributed by atoms with Gasteiger partial charge in [0, 0.05) is 15.0 Å². The van der Waals surface area contributed by atoms with Gasteiger partial charge in [-0.05, 0) is 58.7 Å². The van der Waals surface area contributed by atoms with Gasteiger partial charge in [-0.15, -0.1) is 0 Å². The third kappa shape index (κ3) is 3.61. The number of nitrogens with one attached hydrogen (secondary N) is 1. The van der Waals surface area contributed by atoms with Crippen LogP contribution in [0.25, 0.3) is 0 Å². The Balaban J connectivity index is 2.31. The van der Waals surface area contributed by atoms with E-state index >= 15 is 0 Å². The largest absolute Gasteiger partial charge is 0.313 e. The zero-order valence-corrected chi connectivity index (χ0v) is 14.7. The third-order valence-corrected chi connectivity index (χ3v) is 5.19. The summed E-state index contributed by atoms with van der Waals surface area (Å²) in [6.45, 7) is 0. The maximum absolute atomic E-state index is 13.1. The Labute approximate surface area is 139 Å². The van der Waals surface area contributed by atoms with Gasteiger partial charge in [0.05, 0.1) is 5.02 Å². The lowest BCUT2D eigenvalue weighted by Gasteiger charge is -2.19. The van der Waals surface area contributed by atoms with E-state index in [1.165, 1.54) is 12.1 Å². The molecule has 0 radical (unpaired) electrons. The molecule has 0 aliphatic heterocycles. The molecule has 20 heavy (non-hydrogen) atoms. The fraction of sp³-hybridized carbons (Fsp3) is 0.200. The van der Waals surface area contributed by atoms with E-state index in [4.69, 9.17) is 11.6 Å². The van der Waals surface area contributed by atoms with Gasteiger partial charge in [0.25, 0.3) is 0 Å². The molecule has 2 aromatic carbocycles. The minimum absolute atomic E-state index is 0.0572. The molecule has 1 atom stereocenters. The van der Waals surface area contributed by atoms with Gasteiger partial charge >= 0.3 is 0 Å². The van der Waals surface area contributed by atoms with Crippen molar-refractivity contribution >= 4 is 43.5 Å².